The summed E-state index contributed by atoms with van der Waals surface area (Å²) in [6.45, 7) is 3.91. The molecule has 0 fully saturated rings. The summed E-state index contributed by atoms with van der Waals surface area (Å²) in [5, 5.41) is 4.08. The zero-order valence-electron chi connectivity index (χ0n) is 9.61. The standard InChI is InChI=1S/C12H13F2N3/c1-7(2)17-6-8(5-16-17)9-3-4-10(15)12(14)11(9)13/h3-7H,15H2,1-2H3. The number of anilines is 1. The van der Waals surface area contributed by atoms with Crippen molar-refractivity contribution in [2.75, 3.05) is 5.73 Å². The van der Waals surface area contributed by atoms with Crippen LogP contribution in [0.5, 0.6) is 0 Å². The molecule has 17 heavy (non-hydrogen) atoms. The van der Waals surface area contributed by atoms with Crippen LogP contribution in [0.4, 0.5) is 14.5 Å². The van der Waals surface area contributed by atoms with Crippen LogP contribution in [-0.2, 0) is 0 Å². The van der Waals surface area contributed by atoms with E-state index in [9.17, 15) is 8.78 Å². The molecule has 5 heteroatoms. The van der Waals surface area contributed by atoms with E-state index in [1.165, 1.54) is 18.3 Å². The van der Waals surface area contributed by atoms with Crippen molar-refractivity contribution in [3.8, 4) is 11.1 Å². The normalized spacial score (nSPS) is 11.1. The maximum absolute atomic E-state index is 13.7. The van der Waals surface area contributed by atoms with Gasteiger partial charge in [-0.3, -0.25) is 4.68 Å². The molecule has 0 saturated carbocycles. The lowest BCUT2D eigenvalue weighted by atomic mass is 10.1. The van der Waals surface area contributed by atoms with Crippen LogP contribution in [-0.4, -0.2) is 9.78 Å². The van der Waals surface area contributed by atoms with E-state index >= 15 is 0 Å². The molecule has 90 valence electrons. The largest absolute Gasteiger partial charge is 0.396 e. The number of halogens is 2. The zero-order valence-corrected chi connectivity index (χ0v) is 9.61. The molecule has 2 aromatic rings. The number of nitrogens with two attached hydrogens (primary N) is 1. The molecule has 2 N–H and O–H groups in total. The zero-order chi connectivity index (χ0) is 12.6. The second kappa shape index (κ2) is 4.16. The molecule has 0 saturated heterocycles. The van der Waals surface area contributed by atoms with Gasteiger partial charge in [-0.1, -0.05) is 0 Å². The molecular weight excluding hydrogens is 224 g/mol. The highest BCUT2D eigenvalue weighted by Gasteiger charge is 2.14. The third kappa shape index (κ3) is 2.00. The quantitative estimate of drug-likeness (QED) is 0.816. The Bertz CT molecular complexity index is 547. The van der Waals surface area contributed by atoms with Gasteiger partial charge < -0.3 is 5.73 Å². The third-order valence-electron chi connectivity index (χ3n) is 2.55. The van der Waals surface area contributed by atoms with E-state index in [-0.39, 0.29) is 17.3 Å². The van der Waals surface area contributed by atoms with Crippen LogP contribution in [0.2, 0.25) is 0 Å². The molecule has 0 amide bonds. The lowest BCUT2D eigenvalue weighted by molar-refractivity contribution is 0.514. The molecule has 0 aliphatic carbocycles. The van der Waals surface area contributed by atoms with Crippen LogP contribution < -0.4 is 5.73 Å². The second-order valence-electron chi connectivity index (χ2n) is 4.13. The van der Waals surface area contributed by atoms with E-state index in [2.05, 4.69) is 5.10 Å². The molecule has 0 spiro atoms. The molecule has 0 radical (unpaired) electrons. The number of aromatic nitrogens is 2. The van der Waals surface area contributed by atoms with Gasteiger partial charge in [0.05, 0.1) is 11.9 Å². The fourth-order valence-electron chi connectivity index (χ4n) is 1.55. The Labute approximate surface area is 97.9 Å². The molecule has 1 aromatic heterocycles. The molecular formula is C12H13F2N3. The van der Waals surface area contributed by atoms with Crippen molar-refractivity contribution in [2.24, 2.45) is 0 Å². The van der Waals surface area contributed by atoms with Crippen molar-refractivity contribution in [3.63, 3.8) is 0 Å². The average Bonchev–Trinajstić information content (AvgIpc) is 2.75. The first-order chi connectivity index (χ1) is 8.00. The number of rotatable bonds is 2. The van der Waals surface area contributed by atoms with Crippen LogP contribution >= 0.6 is 0 Å². The first-order valence-electron chi connectivity index (χ1n) is 5.28. The van der Waals surface area contributed by atoms with Gasteiger partial charge in [-0.2, -0.15) is 5.10 Å². The minimum Gasteiger partial charge on any atom is -0.396 e. The summed E-state index contributed by atoms with van der Waals surface area (Å²) >= 11 is 0. The number of nitrogen functional groups attached to an aromatic ring is 1. The fraction of sp³-hybridized carbons (Fsp3) is 0.250. The van der Waals surface area contributed by atoms with Gasteiger partial charge in [0.15, 0.2) is 11.6 Å². The van der Waals surface area contributed by atoms with Gasteiger partial charge in [0.1, 0.15) is 0 Å². The van der Waals surface area contributed by atoms with Crippen molar-refractivity contribution in [1.82, 2.24) is 9.78 Å². The molecule has 0 aliphatic heterocycles. The first kappa shape index (κ1) is 11.6. The molecule has 3 nitrogen and oxygen atoms in total. The molecule has 1 aromatic carbocycles. The summed E-state index contributed by atoms with van der Waals surface area (Å²) < 4.78 is 28.7. The fourth-order valence-corrected chi connectivity index (χ4v) is 1.55. The molecule has 0 atom stereocenters. The minimum absolute atomic E-state index is 0.170. The number of nitrogens with zero attached hydrogens (tertiary/aromatic N) is 2. The van der Waals surface area contributed by atoms with E-state index < -0.39 is 11.6 Å². The summed E-state index contributed by atoms with van der Waals surface area (Å²) in [7, 11) is 0. The summed E-state index contributed by atoms with van der Waals surface area (Å²) in [5.74, 6) is -1.95. The Morgan fingerprint density at radius 2 is 1.94 bits per heavy atom. The van der Waals surface area contributed by atoms with E-state index in [4.69, 9.17) is 5.73 Å². The van der Waals surface area contributed by atoms with E-state index in [1.807, 2.05) is 13.8 Å². The lowest BCUT2D eigenvalue weighted by Gasteiger charge is -2.05. The molecule has 0 aliphatic rings. The van der Waals surface area contributed by atoms with Crippen molar-refractivity contribution in [1.29, 1.82) is 0 Å². The van der Waals surface area contributed by atoms with Crippen LogP contribution in [0.25, 0.3) is 11.1 Å². The highest BCUT2D eigenvalue weighted by molar-refractivity contribution is 5.65. The summed E-state index contributed by atoms with van der Waals surface area (Å²) in [6, 6.07) is 2.97. The first-order valence-corrected chi connectivity index (χ1v) is 5.28. The lowest BCUT2D eigenvalue weighted by Crippen LogP contribution is -2.00. The smallest absolute Gasteiger partial charge is 0.182 e. The third-order valence-corrected chi connectivity index (χ3v) is 2.55. The van der Waals surface area contributed by atoms with Crippen LogP contribution in [0.15, 0.2) is 24.5 Å². The van der Waals surface area contributed by atoms with Crippen LogP contribution in [0, 0.1) is 11.6 Å². The van der Waals surface area contributed by atoms with Gasteiger partial charge in [0.25, 0.3) is 0 Å². The minimum atomic E-state index is -1.01. The Morgan fingerprint density at radius 3 is 2.53 bits per heavy atom. The van der Waals surface area contributed by atoms with Gasteiger partial charge in [-0.25, -0.2) is 8.78 Å². The number of benzene rings is 1. The van der Waals surface area contributed by atoms with Gasteiger partial charge in [-0.15, -0.1) is 0 Å². The van der Waals surface area contributed by atoms with Crippen molar-refractivity contribution < 1.29 is 8.78 Å². The Kier molecular flexibility index (Phi) is 2.83. The molecule has 0 bridgehead atoms. The van der Waals surface area contributed by atoms with Crippen LogP contribution in [0.3, 0.4) is 0 Å². The van der Waals surface area contributed by atoms with E-state index in [1.54, 1.807) is 10.9 Å². The monoisotopic (exact) mass is 237 g/mol. The van der Waals surface area contributed by atoms with Gasteiger partial charge in [0.2, 0.25) is 0 Å². The summed E-state index contributed by atoms with van der Waals surface area (Å²) in [4.78, 5) is 0. The average molecular weight is 237 g/mol. The maximum atomic E-state index is 13.7. The van der Waals surface area contributed by atoms with Gasteiger partial charge in [0, 0.05) is 23.4 Å². The Morgan fingerprint density at radius 1 is 1.24 bits per heavy atom. The Balaban J connectivity index is 2.49. The number of hydrogen-bond acceptors (Lipinski definition) is 2. The summed E-state index contributed by atoms with van der Waals surface area (Å²) in [6.07, 6.45) is 3.19. The van der Waals surface area contributed by atoms with Crippen LogP contribution in [0.1, 0.15) is 19.9 Å². The number of hydrogen-bond donors (Lipinski definition) is 1. The second-order valence-corrected chi connectivity index (χ2v) is 4.13. The van der Waals surface area contributed by atoms with Gasteiger partial charge >= 0.3 is 0 Å². The van der Waals surface area contributed by atoms with E-state index in [0.29, 0.717) is 5.56 Å². The SMILES string of the molecule is CC(C)n1cc(-c2ccc(N)c(F)c2F)cn1. The highest BCUT2D eigenvalue weighted by atomic mass is 19.2. The topological polar surface area (TPSA) is 43.8 Å². The van der Waals surface area contributed by atoms with E-state index in [0.717, 1.165) is 0 Å². The summed E-state index contributed by atoms with van der Waals surface area (Å²) in [5.41, 5.74) is 5.80. The molecule has 0 unspecified atom stereocenters. The van der Waals surface area contributed by atoms with Crippen molar-refractivity contribution in [2.45, 2.75) is 19.9 Å². The van der Waals surface area contributed by atoms with Crippen molar-refractivity contribution in [3.05, 3.63) is 36.2 Å². The predicted molar refractivity (Wildman–Crippen MR) is 62.4 cm³/mol. The molecule has 2 rings (SSSR count). The van der Waals surface area contributed by atoms with Gasteiger partial charge in [-0.05, 0) is 26.0 Å². The van der Waals surface area contributed by atoms with Crippen molar-refractivity contribution >= 4 is 5.69 Å². The highest BCUT2D eigenvalue weighted by Crippen LogP contribution is 2.27. The predicted octanol–water partition coefficient (Wildman–Crippen LogP) is 2.99. The molecule has 1 heterocycles. The maximum Gasteiger partial charge on any atom is 0.182 e. The Hall–Kier alpha value is -1.91.